The predicted molar refractivity (Wildman–Crippen MR) is 124 cm³/mol. The van der Waals surface area contributed by atoms with Crippen molar-refractivity contribution in [3.05, 3.63) is 29.6 Å². The van der Waals surface area contributed by atoms with Crippen molar-refractivity contribution in [2.24, 2.45) is 0 Å². The van der Waals surface area contributed by atoms with Gasteiger partial charge < -0.3 is 24.0 Å². The molecule has 1 aliphatic carbocycles. The van der Waals surface area contributed by atoms with Crippen LogP contribution in [0, 0.1) is 5.82 Å². The van der Waals surface area contributed by atoms with Crippen LogP contribution in [0.25, 0.3) is 0 Å². The van der Waals surface area contributed by atoms with Gasteiger partial charge in [-0.3, -0.25) is 9.08 Å². The number of halogens is 2. The summed E-state index contributed by atoms with van der Waals surface area (Å²) in [5.74, 6) is -0.278. The highest BCUT2D eigenvalue weighted by molar-refractivity contribution is 6.07. The molecule has 0 bridgehead atoms. The second-order valence-electron chi connectivity index (χ2n) is 9.67. The fourth-order valence-electron chi connectivity index (χ4n) is 3.87. The minimum Gasteiger partial charge on any atom is -0.493 e. The highest BCUT2D eigenvalue weighted by Crippen LogP contribution is 2.36. The first-order chi connectivity index (χ1) is 16.1. The Bertz CT molecular complexity index is 860. The van der Waals surface area contributed by atoms with Crippen molar-refractivity contribution >= 4 is 23.9 Å². The molecule has 1 saturated heterocycles. The average Bonchev–Trinajstić information content (AvgIpc) is 3.60. The number of amides is 2. The maximum Gasteiger partial charge on any atom is 0.410 e. The molecule has 2 aliphatic rings. The molecule has 0 spiro atoms. The number of hydrogen-bond acceptors (Lipinski definition) is 6. The number of benzene rings is 1. The molecule has 1 aromatic carbocycles. The molecular formula is C24H34ClFN2O6. The average molecular weight is 501 g/mol. The van der Waals surface area contributed by atoms with Gasteiger partial charge in [-0.05, 0) is 58.2 Å². The first kappa shape index (κ1) is 26.5. The van der Waals surface area contributed by atoms with Crippen molar-refractivity contribution in [3.8, 4) is 5.75 Å². The Labute approximate surface area is 205 Å². The normalized spacial score (nSPS) is 19.5. The molecule has 190 valence electrons. The van der Waals surface area contributed by atoms with Crippen LogP contribution < -0.4 is 4.74 Å². The van der Waals surface area contributed by atoms with Crippen molar-refractivity contribution < 1.29 is 32.5 Å². The smallest absolute Gasteiger partial charge is 0.410 e. The van der Waals surface area contributed by atoms with Gasteiger partial charge in [0, 0.05) is 25.1 Å². The summed E-state index contributed by atoms with van der Waals surface area (Å²) in [4.78, 5) is 29.3. The molecule has 2 fully saturated rings. The zero-order valence-electron chi connectivity index (χ0n) is 20.2. The second-order valence-corrected chi connectivity index (χ2v) is 9.89. The van der Waals surface area contributed by atoms with Gasteiger partial charge in [-0.2, -0.15) is 0 Å². The SMILES string of the molecule is CC(c1cc(F)cc(OCCCOCl)c1)N(C(=O)[C@H]1CN(C(=O)OC(C)(C)C)CCO1)C1CC1. The van der Waals surface area contributed by atoms with E-state index in [1.807, 2.05) is 6.92 Å². The van der Waals surface area contributed by atoms with Crippen LogP contribution >= 0.6 is 11.9 Å². The van der Waals surface area contributed by atoms with Crippen LogP contribution in [0.4, 0.5) is 9.18 Å². The fraction of sp³-hybridized carbons (Fsp3) is 0.667. The van der Waals surface area contributed by atoms with E-state index in [9.17, 15) is 14.0 Å². The van der Waals surface area contributed by atoms with E-state index in [1.165, 1.54) is 17.0 Å². The van der Waals surface area contributed by atoms with Crippen LogP contribution in [0.3, 0.4) is 0 Å². The number of ether oxygens (including phenoxy) is 3. The van der Waals surface area contributed by atoms with Crippen LogP contribution in [-0.2, 0) is 18.6 Å². The summed E-state index contributed by atoms with van der Waals surface area (Å²) in [6.45, 7) is 8.63. The molecular weight excluding hydrogens is 467 g/mol. The number of nitrogens with zero attached hydrogens (tertiary/aromatic N) is 2. The van der Waals surface area contributed by atoms with E-state index < -0.39 is 29.7 Å². The Morgan fingerprint density at radius 2 is 2.00 bits per heavy atom. The molecule has 0 N–H and O–H groups in total. The van der Waals surface area contributed by atoms with E-state index in [1.54, 1.807) is 31.7 Å². The third-order valence-electron chi connectivity index (χ3n) is 5.62. The lowest BCUT2D eigenvalue weighted by atomic mass is 10.0. The Kier molecular flexibility index (Phi) is 9.01. The molecule has 3 rings (SSSR count). The Hall–Kier alpha value is -2.10. The minimum atomic E-state index is -0.802. The number of rotatable bonds is 9. The van der Waals surface area contributed by atoms with E-state index in [0.717, 1.165) is 12.8 Å². The topological polar surface area (TPSA) is 77.5 Å². The number of carbonyl (C=O) groups is 2. The summed E-state index contributed by atoms with van der Waals surface area (Å²) >= 11 is 5.20. The summed E-state index contributed by atoms with van der Waals surface area (Å²) < 4.78 is 35.7. The van der Waals surface area contributed by atoms with Gasteiger partial charge in [-0.25, -0.2) is 9.18 Å². The lowest BCUT2D eigenvalue weighted by molar-refractivity contribution is -0.151. The number of hydrogen-bond donors (Lipinski definition) is 0. The zero-order valence-corrected chi connectivity index (χ0v) is 21.0. The standard InChI is InChI=1S/C24H34ClFN2O6/c1-16(17-12-18(26)14-20(13-17)31-9-5-10-33-25)28(19-6-7-19)22(29)21-15-27(8-11-32-21)23(30)34-24(2,3)4/h12-14,16,19,21H,5-11,15H2,1-4H3/t16?,21-/m1/s1. The quantitative estimate of drug-likeness (QED) is 0.466. The van der Waals surface area contributed by atoms with Gasteiger partial charge in [-0.1, -0.05) is 0 Å². The maximum atomic E-state index is 14.4. The summed E-state index contributed by atoms with van der Waals surface area (Å²) in [7, 11) is 0. The molecule has 34 heavy (non-hydrogen) atoms. The molecule has 1 aromatic rings. The molecule has 1 heterocycles. The van der Waals surface area contributed by atoms with Gasteiger partial charge in [0.1, 0.15) is 17.2 Å². The van der Waals surface area contributed by atoms with Crippen molar-refractivity contribution in [3.63, 3.8) is 0 Å². The van der Waals surface area contributed by atoms with Gasteiger partial charge in [0.25, 0.3) is 5.91 Å². The number of morpholine rings is 1. The Morgan fingerprint density at radius 1 is 1.26 bits per heavy atom. The van der Waals surface area contributed by atoms with Crippen LogP contribution in [0.5, 0.6) is 5.75 Å². The third kappa shape index (κ3) is 7.45. The molecule has 2 atom stereocenters. The lowest BCUT2D eigenvalue weighted by Crippen LogP contribution is -2.54. The molecule has 1 aliphatic heterocycles. The van der Waals surface area contributed by atoms with Crippen molar-refractivity contribution in [2.45, 2.75) is 70.7 Å². The van der Waals surface area contributed by atoms with E-state index in [2.05, 4.69) is 4.29 Å². The molecule has 0 radical (unpaired) electrons. The van der Waals surface area contributed by atoms with E-state index in [-0.39, 0.29) is 25.1 Å². The Balaban J connectivity index is 1.71. The van der Waals surface area contributed by atoms with Crippen LogP contribution in [-0.4, -0.2) is 72.5 Å². The van der Waals surface area contributed by atoms with Crippen molar-refractivity contribution in [1.82, 2.24) is 9.80 Å². The van der Waals surface area contributed by atoms with Gasteiger partial charge in [-0.15, -0.1) is 0 Å². The third-order valence-corrected chi connectivity index (χ3v) is 5.77. The summed E-state index contributed by atoms with van der Waals surface area (Å²) in [6.07, 6.45) is 1.03. The molecule has 10 heteroatoms. The van der Waals surface area contributed by atoms with Crippen LogP contribution in [0.15, 0.2) is 18.2 Å². The van der Waals surface area contributed by atoms with Crippen LogP contribution in [0.2, 0.25) is 0 Å². The monoisotopic (exact) mass is 500 g/mol. The van der Waals surface area contributed by atoms with E-state index in [0.29, 0.717) is 37.5 Å². The van der Waals surface area contributed by atoms with Gasteiger partial charge >= 0.3 is 6.09 Å². The van der Waals surface area contributed by atoms with Gasteiger partial charge in [0.05, 0.1) is 44.3 Å². The van der Waals surface area contributed by atoms with Gasteiger partial charge in [0.15, 0.2) is 6.10 Å². The summed E-state index contributed by atoms with van der Waals surface area (Å²) in [5, 5.41) is 0. The van der Waals surface area contributed by atoms with Crippen LogP contribution in [0.1, 0.15) is 58.6 Å². The largest absolute Gasteiger partial charge is 0.493 e. The molecule has 1 saturated carbocycles. The summed E-state index contributed by atoms with van der Waals surface area (Å²) in [5.41, 5.74) is 0.00101. The second kappa shape index (κ2) is 11.6. The molecule has 2 amide bonds. The van der Waals surface area contributed by atoms with E-state index in [4.69, 9.17) is 26.1 Å². The summed E-state index contributed by atoms with van der Waals surface area (Å²) in [6, 6.07) is 4.12. The first-order valence-corrected chi connectivity index (χ1v) is 12.0. The highest BCUT2D eigenvalue weighted by atomic mass is 35.5. The van der Waals surface area contributed by atoms with E-state index >= 15 is 0 Å². The predicted octanol–water partition coefficient (Wildman–Crippen LogP) is 4.45. The molecule has 1 unspecified atom stereocenters. The molecule has 8 nitrogen and oxygen atoms in total. The lowest BCUT2D eigenvalue weighted by Gasteiger charge is -2.38. The highest BCUT2D eigenvalue weighted by Gasteiger charge is 2.42. The minimum absolute atomic E-state index is 0.0523. The van der Waals surface area contributed by atoms with Crippen molar-refractivity contribution in [1.29, 1.82) is 0 Å². The first-order valence-electron chi connectivity index (χ1n) is 11.7. The zero-order chi connectivity index (χ0) is 24.9. The van der Waals surface area contributed by atoms with Crippen molar-refractivity contribution in [2.75, 3.05) is 32.9 Å². The maximum absolute atomic E-state index is 14.4. The fourth-order valence-corrected chi connectivity index (χ4v) is 3.98. The number of carbonyl (C=O) groups excluding carboxylic acids is 2. The van der Waals surface area contributed by atoms with Gasteiger partial charge in [0.2, 0.25) is 0 Å². The Morgan fingerprint density at radius 3 is 2.65 bits per heavy atom. The molecule has 0 aromatic heterocycles.